The molecule has 1 atom stereocenters. The summed E-state index contributed by atoms with van der Waals surface area (Å²) in [6.07, 6.45) is 2.47. The van der Waals surface area contributed by atoms with E-state index < -0.39 is 0 Å². The Morgan fingerprint density at radius 3 is 2.53 bits per heavy atom. The highest BCUT2D eigenvalue weighted by molar-refractivity contribution is 5.97. The molecule has 0 saturated carbocycles. The van der Waals surface area contributed by atoms with Gasteiger partial charge >= 0.3 is 0 Å². The average Bonchev–Trinajstić information content (AvgIpc) is 2.38. The molecule has 0 spiro atoms. The molecule has 0 aromatic heterocycles. The molecule has 0 bridgehead atoms. The Bertz CT molecular complexity index is 441. The zero-order valence-corrected chi connectivity index (χ0v) is 12.5. The summed E-state index contributed by atoms with van der Waals surface area (Å²) in [6.45, 7) is 6.76. The number of Topliss-reactive ketones (excluding diaryl/α,β-unsaturated/α-hetero) is 1. The zero-order chi connectivity index (χ0) is 14.4. The normalized spacial score (nSPS) is 12.3. The molecule has 106 valence electrons. The van der Waals surface area contributed by atoms with Gasteiger partial charge in [0.1, 0.15) is 5.75 Å². The Kier molecular flexibility index (Phi) is 6.03. The van der Waals surface area contributed by atoms with Crippen LogP contribution in [0.3, 0.4) is 0 Å². The Hall–Kier alpha value is -1.35. The molecule has 1 aromatic rings. The third-order valence-corrected chi connectivity index (χ3v) is 3.57. The highest BCUT2D eigenvalue weighted by Crippen LogP contribution is 2.24. The Balaban J connectivity index is 2.74. The number of hydrogen-bond donors (Lipinski definition) is 1. The summed E-state index contributed by atoms with van der Waals surface area (Å²) in [5.41, 5.74) is 8.33. The standard InChI is InChI=1S/C16H25NO2/c1-11(7-8-17)5-6-15(18)14-9-13(3)16(19-4)10-12(14)2/h9-11H,5-8,17H2,1-4H3. The van der Waals surface area contributed by atoms with Gasteiger partial charge in [-0.3, -0.25) is 4.79 Å². The summed E-state index contributed by atoms with van der Waals surface area (Å²) >= 11 is 0. The van der Waals surface area contributed by atoms with Crippen molar-refractivity contribution in [1.29, 1.82) is 0 Å². The first-order chi connectivity index (χ1) is 8.99. The third-order valence-electron chi connectivity index (χ3n) is 3.57. The van der Waals surface area contributed by atoms with E-state index in [2.05, 4.69) is 6.92 Å². The Morgan fingerprint density at radius 1 is 1.26 bits per heavy atom. The van der Waals surface area contributed by atoms with E-state index in [9.17, 15) is 4.79 Å². The van der Waals surface area contributed by atoms with Crippen molar-refractivity contribution in [3.8, 4) is 5.75 Å². The molecule has 0 aliphatic carbocycles. The smallest absolute Gasteiger partial charge is 0.163 e. The number of hydrogen-bond acceptors (Lipinski definition) is 3. The lowest BCUT2D eigenvalue weighted by molar-refractivity contribution is 0.0973. The van der Waals surface area contributed by atoms with Crippen molar-refractivity contribution in [2.45, 2.75) is 40.0 Å². The number of carbonyl (C=O) groups is 1. The van der Waals surface area contributed by atoms with Crippen molar-refractivity contribution in [2.75, 3.05) is 13.7 Å². The molecule has 0 heterocycles. The molecule has 0 aliphatic rings. The van der Waals surface area contributed by atoms with Crippen LogP contribution in [-0.4, -0.2) is 19.4 Å². The lowest BCUT2D eigenvalue weighted by Gasteiger charge is -2.12. The molecule has 0 aliphatic heterocycles. The van der Waals surface area contributed by atoms with E-state index >= 15 is 0 Å². The minimum atomic E-state index is 0.215. The van der Waals surface area contributed by atoms with Gasteiger partial charge in [-0.05, 0) is 62.4 Å². The second-order valence-corrected chi connectivity index (χ2v) is 5.28. The van der Waals surface area contributed by atoms with Gasteiger partial charge in [0.15, 0.2) is 5.78 Å². The van der Waals surface area contributed by atoms with Crippen LogP contribution in [0.5, 0.6) is 5.75 Å². The summed E-state index contributed by atoms with van der Waals surface area (Å²) in [7, 11) is 1.65. The van der Waals surface area contributed by atoms with Crippen LogP contribution in [0.2, 0.25) is 0 Å². The van der Waals surface area contributed by atoms with Gasteiger partial charge in [0.2, 0.25) is 0 Å². The fraction of sp³-hybridized carbons (Fsp3) is 0.562. The van der Waals surface area contributed by atoms with Gasteiger partial charge in [-0.2, -0.15) is 0 Å². The second-order valence-electron chi connectivity index (χ2n) is 5.28. The van der Waals surface area contributed by atoms with Crippen molar-refractivity contribution >= 4 is 5.78 Å². The lowest BCUT2D eigenvalue weighted by atomic mass is 9.94. The van der Waals surface area contributed by atoms with E-state index in [1.165, 1.54) is 0 Å². The fourth-order valence-corrected chi connectivity index (χ4v) is 2.25. The number of ether oxygens (including phenoxy) is 1. The quantitative estimate of drug-likeness (QED) is 0.768. The van der Waals surface area contributed by atoms with E-state index in [1.54, 1.807) is 7.11 Å². The van der Waals surface area contributed by atoms with Crippen molar-refractivity contribution in [3.05, 3.63) is 28.8 Å². The minimum Gasteiger partial charge on any atom is -0.496 e. The number of ketones is 1. The molecular weight excluding hydrogens is 238 g/mol. The molecule has 3 heteroatoms. The highest BCUT2D eigenvalue weighted by atomic mass is 16.5. The number of benzene rings is 1. The molecule has 1 aromatic carbocycles. The molecule has 0 radical (unpaired) electrons. The van der Waals surface area contributed by atoms with Gasteiger partial charge in [-0.1, -0.05) is 6.92 Å². The number of aryl methyl sites for hydroxylation is 2. The average molecular weight is 263 g/mol. The molecule has 19 heavy (non-hydrogen) atoms. The van der Waals surface area contributed by atoms with Crippen molar-refractivity contribution in [1.82, 2.24) is 0 Å². The second kappa shape index (κ2) is 7.29. The molecule has 0 fully saturated rings. The maximum atomic E-state index is 12.3. The fourth-order valence-electron chi connectivity index (χ4n) is 2.25. The van der Waals surface area contributed by atoms with E-state index in [4.69, 9.17) is 10.5 Å². The molecule has 0 saturated heterocycles. The van der Waals surface area contributed by atoms with E-state index in [0.29, 0.717) is 18.9 Å². The van der Waals surface area contributed by atoms with Gasteiger partial charge in [0.05, 0.1) is 7.11 Å². The largest absolute Gasteiger partial charge is 0.496 e. The predicted molar refractivity (Wildman–Crippen MR) is 78.9 cm³/mol. The summed E-state index contributed by atoms with van der Waals surface area (Å²) in [4.78, 5) is 12.3. The molecule has 1 unspecified atom stereocenters. The van der Waals surface area contributed by atoms with Crippen LogP contribution < -0.4 is 10.5 Å². The molecule has 2 N–H and O–H groups in total. The van der Waals surface area contributed by atoms with Crippen LogP contribution in [0.25, 0.3) is 0 Å². The van der Waals surface area contributed by atoms with Gasteiger partial charge < -0.3 is 10.5 Å². The summed E-state index contributed by atoms with van der Waals surface area (Å²) < 4.78 is 5.27. The lowest BCUT2D eigenvalue weighted by Crippen LogP contribution is -2.09. The first-order valence-electron chi connectivity index (χ1n) is 6.88. The number of rotatable bonds is 7. The Labute approximate surface area is 116 Å². The van der Waals surface area contributed by atoms with Crippen molar-refractivity contribution < 1.29 is 9.53 Å². The number of nitrogens with two attached hydrogens (primary N) is 1. The zero-order valence-electron chi connectivity index (χ0n) is 12.5. The van der Waals surface area contributed by atoms with Crippen molar-refractivity contribution in [3.63, 3.8) is 0 Å². The molecular formula is C16H25NO2. The van der Waals surface area contributed by atoms with Crippen LogP contribution in [-0.2, 0) is 0 Å². The maximum absolute atomic E-state index is 12.3. The predicted octanol–water partition coefficient (Wildman–Crippen LogP) is 3.26. The van der Waals surface area contributed by atoms with Crippen molar-refractivity contribution in [2.24, 2.45) is 11.7 Å². The monoisotopic (exact) mass is 263 g/mol. The first-order valence-corrected chi connectivity index (χ1v) is 6.88. The van der Waals surface area contributed by atoms with Crippen LogP contribution in [0.1, 0.15) is 47.7 Å². The molecule has 0 amide bonds. The summed E-state index contributed by atoms with van der Waals surface area (Å²) in [5.74, 6) is 1.56. The highest BCUT2D eigenvalue weighted by Gasteiger charge is 2.13. The SMILES string of the molecule is COc1cc(C)c(C(=O)CCC(C)CCN)cc1C. The van der Waals surface area contributed by atoms with E-state index in [1.807, 2.05) is 26.0 Å². The molecule has 1 rings (SSSR count). The third kappa shape index (κ3) is 4.35. The Morgan fingerprint density at radius 2 is 1.95 bits per heavy atom. The van der Waals surface area contributed by atoms with E-state index in [0.717, 1.165) is 35.3 Å². The van der Waals surface area contributed by atoms with Gasteiger partial charge in [-0.15, -0.1) is 0 Å². The summed E-state index contributed by atoms with van der Waals surface area (Å²) in [6, 6.07) is 3.87. The molecule has 3 nitrogen and oxygen atoms in total. The van der Waals surface area contributed by atoms with Gasteiger partial charge in [0, 0.05) is 12.0 Å². The van der Waals surface area contributed by atoms with Gasteiger partial charge in [0.25, 0.3) is 0 Å². The topological polar surface area (TPSA) is 52.3 Å². The number of carbonyl (C=O) groups excluding carboxylic acids is 1. The van der Waals surface area contributed by atoms with E-state index in [-0.39, 0.29) is 5.78 Å². The van der Waals surface area contributed by atoms with Gasteiger partial charge in [-0.25, -0.2) is 0 Å². The minimum absolute atomic E-state index is 0.215. The van der Waals surface area contributed by atoms with Crippen LogP contribution >= 0.6 is 0 Å². The summed E-state index contributed by atoms with van der Waals surface area (Å²) in [5, 5.41) is 0. The van der Waals surface area contributed by atoms with Crippen LogP contribution in [0, 0.1) is 19.8 Å². The maximum Gasteiger partial charge on any atom is 0.163 e. The first kappa shape index (κ1) is 15.7. The van der Waals surface area contributed by atoms with Crippen LogP contribution in [0.15, 0.2) is 12.1 Å². The van der Waals surface area contributed by atoms with Crippen LogP contribution in [0.4, 0.5) is 0 Å². The number of methoxy groups -OCH3 is 1.